The van der Waals surface area contributed by atoms with Crippen molar-refractivity contribution in [2.45, 2.75) is 46.8 Å². The summed E-state index contributed by atoms with van der Waals surface area (Å²) in [5.74, 6) is -1.12. The number of halogens is 2. The number of fused-ring (bicyclic) bond motifs is 1. The molecule has 0 saturated heterocycles. The number of benzene rings is 1. The normalized spacial score (nSPS) is 12.4. The zero-order valence-electron chi connectivity index (χ0n) is 18.1. The third kappa shape index (κ3) is 5.02. The number of rotatable bonds is 8. The molecule has 1 aromatic carbocycles. The first-order chi connectivity index (χ1) is 14.7. The molecule has 31 heavy (non-hydrogen) atoms. The van der Waals surface area contributed by atoms with E-state index in [9.17, 15) is 18.7 Å². The van der Waals surface area contributed by atoms with E-state index in [4.69, 9.17) is 4.74 Å². The lowest BCUT2D eigenvalue weighted by atomic mass is 10.0. The molecule has 0 fully saturated rings. The van der Waals surface area contributed by atoms with Crippen molar-refractivity contribution in [2.75, 3.05) is 6.61 Å². The summed E-state index contributed by atoms with van der Waals surface area (Å²) in [6.45, 7) is 7.07. The highest BCUT2D eigenvalue weighted by molar-refractivity contribution is 5.95. The van der Waals surface area contributed by atoms with Gasteiger partial charge in [-0.15, -0.1) is 0 Å². The molecule has 0 spiro atoms. The van der Waals surface area contributed by atoms with Crippen LogP contribution in [0.25, 0.3) is 5.65 Å². The molecule has 3 aromatic rings. The standard InChI is InChI=1S/C23H27F2N3O3/c1-13(2)8-16(11-29)27-23(30)21-15(4)26-22-20(9-14(3)10-28(21)22)31-12-17-18(24)6-5-7-19(17)25/h5-7,9-10,13,16,29H,8,11-12H2,1-4H3,(H,27,30)/t16-/m1/s1. The SMILES string of the molecule is Cc1cc(OCc2c(F)cccc2F)c2nc(C)c(C(=O)N[C@@H](CO)CC(C)C)n2c1. The second-order valence-electron chi connectivity index (χ2n) is 8.09. The van der Waals surface area contributed by atoms with E-state index in [1.165, 1.54) is 18.2 Å². The van der Waals surface area contributed by atoms with Crippen molar-refractivity contribution >= 4 is 11.6 Å². The second-order valence-corrected chi connectivity index (χ2v) is 8.09. The number of imidazole rings is 1. The molecule has 2 aromatic heterocycles. The lowest BCUT2D eigenvalue weighted by Gasteiger charge is -2.18. The third-order valence-corrected chi connectivity index (χ3v) is 4.96. The minimum absolute atomic E-state index is 0.165. The number of aliphatic hydroxyl groups is 1. The van der Waals surface area contributed by atoms with E-state index < -0.39 is 11.6 Å². The van der Waals surface area contributed by atoms with Gasteiger partial charge >= 0.3 is 0 Å². The van der Waals surface area contributed by atoms with Crippen LogP contribution in [-0.4, -0.2) is 33.0 Å². The molecular formula is C23H27F2N3O3. The summed E-state index contributed by atoms with van der Waals surface area (Å²) in [6, 6.07) is 4.97. The van der Waals surface area contributed by atoms with Gasteiger partial charge in [-0.25, -0.2) is 13.8 Å². The first-order valence-electron chi connectivity index (χ1n) is 10.2. The van der Waals surface area contributed by atoms with Crippen LogP contribution in [0.3, 0.4) is 0 Å². The highest BCUT2D eigenvalue weighted by Crippen LogP contribution is 2.26. The molecule has 0 aliphatic carbocycles. The first kappa shape index (κ1) is 22.7. The van der Waals surface area contributed by atoms with E-state index in [0.717, 1.165) is 5.56 Å². The number of hydrogen-bond donors (Lipinski definition) is 2. The quantitative estimate of drug-likeness (QED) is 0.566. The van der Waals surface area contributed by atoms with E-state index in [1.807, 2.05) is 20.8 Å². The van der Waals surface area contributed by atoms with Crippen LogP contribution >= 0.6 is 0 Å². The maximum Gasteiger partial charge on any atom is 0.270 e. The highest BCUT2D eigenvalue weighted by atomic mass is 19.1. The van der Waals surface area contributed by atoms with Gasteiger partial charge in [0.2, 0.25) is 0 Å². The Kier molecular flexibility index (Phi) is 6.90. The van der Waals surface area contributed by atoms with Crippen molar-refractivity contribution in [2.24, 2.45) is 5.92 Å². The Morgan fingerprint density at radius 1 is 1.26 bits per heavy atom. The molecule has 2 heterocycles. The van der Waals surface area contributed by atoms with E-state index >= 15 is 0 Å². The van der Waals surface area contributed by atoms with Gasteiger partial charge in [0.05, 0.1) is 23.9 Å². The zero-order valence-corrected chi connectivity index (χ0v) is 18.1. The number of pyridine rings is 1. The fourth-order valence-electron chi connectivity index (χ4n) is 3.56. The molecule has 0 aliphatic rings. The van der Waals surface area contributed by atoms with Crippen LogP contribution in [0.15, 0.2) is 30.5 Å². The summed E-state index contributed by atoms with van der Waals surface area (Å²) < 4.78 is 35.2. The zero-order chi connectivity index (χ0) is 22.7. The van der Waals surface area contributed by atoms with Gasteiger partial charge in [0, 0.05) is 6.20 Å². The lowest BCUT2D eigenvalue weighted by Crippen LogP contribution is -2.39. The number of amides is 1. The Hall–Kier alpha value is -3.00. The number of nitrogens with one attached hydrogen (secondary N) is 1. The molecule has 1 atom stereocenters. The van der Waals surface area contributed by atoms with Crippen molar-refractivity contribution in [1.82, 2.24) is 14.7 Å². The average Bonchev–Trinajstić information content (AvgIpc) is 3.02. The van der Waals surface area contributed by atoms with Gasteiger partial charge in [-0.3, -0.25) is 9.20 Å². The van der Waals surface area contributed by atoms with Crippen molar-refractivity contribution < 1.29 is 23.4 Å². The molecule has 166 valence electrons. The van der Waals surface area contributed by atoms with E-state index in [2.05, 4.69) is 10.3 Å². The molecule has 0 unspecified atom stereocenters. The van der Waals surface area contributed by atoms with Crippen molar-refractivity contribution in [3.63, 3.8) is 0 Å². The predicted octanol–water partition coefficient (Wildman–Crippen LogP) is 3.95. The fraction of sp³-hybridized carbons (Fsp3) is 0.391. The molecule has 1 amide bonds. The van der Waals surface area contributed by atoms with Crippen LogP contribution in [0.1, 0.15) is 47.6 Å². The summed E-state index contributed by atoms with van der Waals surface area (Å²) in [5, 5.41) is 12.5. The minimum atomic E-state index is -0.691. The Bertz CT molecular complexity index is 1080. The number of carbonyl (C=O) groups is 1. The summed E-state index contributed by atoms with van der Waals surface area (Å²) >= 11 is 0. The molecular weight excluding hydrogens is 404 g/mol. The molecule has 0 radical (unpaired) electrons. The van der Waals surface area contributed by atoms with Crippen LogP contribution in [0.5, 0.6) is 5.75 Å². The monoisotopic (exact) mass is 431 g/mol. The van der Waals surface area contributed by atoms with Crippen LogP contribution in [0.4, 0.5) is 8.78 Å². The van der Waals surface area contributed by atoms with Gasteiger partial charge < -0.3 is 15.2 Å². The highest BCUT2D eigenvalue weighted by Gasteiger charge is 2.22. The average molecular weight is 431 g/mol. The summed E-state index contributed by atoms with van der Waals surface area (Å²) in [5.41, 5.74) is 1.77. The maximum absolute atomic E-state index is 14.0. The van der Waals surface area contributed by atoms with Gasteiger partial charge in [-0.05, 0) is 49.9 Å². The van der Waals surface area contributed by atoms with Gasteiger partial charge in [-0.1, -0.05) is 19.9 Å². The minimum Gasteiger partial charge on any atom is -0.485 e. The van der Waals surface area contributed by atoms with E-state index in [-0.39, 0.29) is 30.7 Å². The number of hydrogen-bond acceptors (Lipinski definition) is 4. The Balaban J connectivity index is 1.93. The summed E-state index contributed by atoms with van der Waals surface area (Å²) in [7, 11) is 0. The van der Waals surface area contributed by atoms with Gasteiger partial charge in [0.1, 0.15) is 23.9 Å². The molecule has 6 nitrogen and oxygen atoms in total. The van der Waals surface area contributed by atoms with E-state index in [1.54, 1.807) is 23.6 Å². The number of nitrogens with zero attached hydrogens (tertiary/aromatic N) is 2. The van der Waals surface area contributed by atoms with Crippen LogP contribution in [0, 0.1) is 31.4 Å². The Morgan fingerprint density at radius 2 is 1.94 bits per heavy atom. The van der Waals surface area contributed by atoms with Gasteiger partial charge in [0.25, 0.3) is 5.91 Å². The number of aromatic nitrogens is 2. The Morgan fingerprint density at radius 3 is 2.55 bits per heavy atom. The first-order valence-corrected chi connectivity index (χ1v) is 10.2. The topological polar surface area (TPSA) is 75.9 Å². The number of ether oxygens (including phenoxy) is 1. The molecule has 0 bridgehead atoms. The van der Waals surface area contributed by atoms with Gasteiger partial charge in [-0.2, -0.15) is 0 Å². The molecule has 3 rings (SSSR count). The largest absolute Gasteiger partial charge is 0.485 e. The smallest absolute Gasteiger partial charge is 0.270 e. The molecule has 0 aliphatic heterocycles. The van der Waals surface area contributed by atoms with Gasteiger partial charge in [0.15, 0.2) is 11.4 Å². The van der Waals surface area contributed by atoms with Crippen molar-refractivity contribution in [3.05, 3.63) is 64.6 Å². The van der Waals surface area contributed by atoms with Crippen molar-refractivity contribution in [1.29, 1.82) is 0 Å². The number of aliphatic hydroxyl groups excluding tert-OH is 1. The van der Waals surface area contributed by atoms with Crippen LogP contribution in [-0.2, 0) is 6.61 Å². The maximum atomic E-state index is 14.0. The second kappa shape index (κ2) is 9.43. The Labute approximate surface area is 179 Å². The van der Waals surface area contributed by atoms with Crippen LogP contribution in [0.2, 0.25) is 0 Å². The van der Waals surface area contributed by atoms with Crippen LogP contribution < -0.4 is 10.1 Å². The lowest BCUT2D eigenvalue weighted by molar-refractivity contribution is 0.0901. The number of carbonyl (C=O) groups excluding carboxylic acids is 1. The summed E-state index contributed by atoms with van der Waals surface area (Å²) in [4.78, 5) is 17.4. The predicted molar refractivity (Wildman–Crippen MR) is 113 cm³/mol. The third-order valence-electron chi connectivity index (χ3n) is 4.96. The van der Waals surface area contributed by atoms with E-state index in [0.29, 0.717) is 35.1 Å². The number of aryl methyl sites for hydroxylation is 2. The molecule has 8 heteroatoms. The summed E-state index contributed by atoms with van der Waals surface area (Å²) in [6.07, 6.45) is 2.39. The fourth-order valence-corrected chi connectivity index (χ4v) is 3.56. The molecule has 2 N–H and O–H groups in total. The molecule has 0 saturated carbocycles. The van der Waals surface area contributed by atoms with Crippen molar-refractivity contribution in [3.8, 4) is 5.75 Å².